The van der Waals surface area contributed by atoms with Crippen molar-refractivity contribution in [3.8, 4) is 11.8 Å². The van der Waals surface area contributed by atoms with Gasteiger partial charge in [-0.2, -0.15) is 5.26 Å². The Hall–Kier alpha value is -3.83. The maximum Gasteiger partial charge on any atom is 0.262 e. The summed E-state index contributed by atoms with van der Waals surface area (Å²) in [6, 6.07) is 18.9. The molecule has 0 aliphatic rings. The molecule has 0 atom stereocenters. The summed E-state index contributed by atoms with van der Waals surface area (Å²) in [5.74, 6) is 0.205. The summed E-state index contributed by atoms with van der Waals surface area (Å²) in [4.78, 5) is 30.7. The zero-order valence-electron chi connectivity index (χ0n) is 19.5. The first kappa shape index (κ1) is 23.3. The highest BCUT2D eigenvalue weighted by molar-refractivity contribution is 7.99. The predicted molar refractivity (Wildman–Crippen MR) is 136 cm³/mol. The van der Waals surface area contributed by atoms with E-state index in [1.807, 2.05) is 74.7 Å². The van der Waals surface area contributed by atoms with Crippen LogP contribution >= 0.6 is 11.8 Å². The Morgan fingerprint density at radius 3 is 2.47 bits per heavy atom. The van der Waals surface area contributed by atoms with Gasteiger partial charge in [0.25, 0.3) is 5.56 Å². The number of carbonyl (C=O) groups excluding carboxylic acids is 1. The van der Waals surface area contributed by atoms with E-state index in [1.165, 1.54) is 11.8 Å². The molecule has 0 fully saturated rings. The van der Waals surface area contributed by atoms with Crippen LogP contribution in [0, 0.1) is 25.2 Å². The monoisotopic (exact) mass is 471 g/mol. The molecule has 4 rings (SSSR count). The minimum atomic E-state index is -0.283. The summed E-state index contributed by atoms with van der Waals surface area (Å²) >= 11 is 1.21. The SMILES string of the molecule is Cc1c(C#N)c(NC(=O)CSc2nc3ccccc3c(=O)n2C(C)C)n(-c2ccccc2)c1C. The van der Waals surface area contributed by atoms with E-state index in [1.54, 1.807) is 16.7 Å². The molecule has 34 heavy (non-hydrogen) atoms. The van der Waals surface area contributed by atoms with Gasteiger partial charge in [-0.05, 0) is 57.5 Å². The molecule has 8 heteroatoms. The first-order valence-electron chi connectivity index (χ1n) is 10.9. The highest BCUT2D eigenvalue weighted by Crippen LogP contribution is 2.30. The fourth-order valence-corrected chi connectivity index (χ4v) is 4.87. The molecule has 4 aromatic rings. The van der Waals surface area contributed by atoms with Gasteiger partial charge < -0.3 is 5.32 Å². The molecular formula is C26H25N5O2S. The van der Waals surface area contributed by atoms with Crippen molar-refractivity contribution in [1.82, 2.24) is 14.1 Å². The van der Waals surface area contributed by atoms with Gasteiger partial charge in [-0.25, -0.2) is 4.98 Å². The molecular weight excluding hydrogens is 446 g/mol. The lowest BCUT2D eigenvalue weighted by Gasteiger charge is -2.16. The van der Waals surface area contributed by atoms with Crippen LogP contribution in [0.2, 0.25) is 0 Å². The Morgan fingerprint density at radius 2 is 1.79 bits per heavy atom. The van der Waals surface area contributed by atoms with E-state index in [-0.39, 0.29) is 23.3 Å². The highest BCUT2D eigenvalue weighted by Gasteiger charge is 2.21. The summed E-state index contributed by atoms with van der Waals surface area (Å²) in [5, 5.41) is 13.7. The number of benzene rings is 2. The number of anilines is 1. The van der Waals surface area contributed by atoms with Crippen LogP contribution in [0.25, 0.3) is 16.6 Å². The molecule has 0 aliphatic heterocycles. The zero-order chi connectivity index (χ0) is 24.4. The van der Waals surface area contributed by atoms with Gasteiger partial charge in [-0.1, -0.05) is 42.1 Å². The molecule has 172 valence electrons. The Bertz CT molecular complexity index is 1480. The molecule has 2 heterocycles. The minimum absolute atomic E-state index is 0.0421. The Labute approximate surface area is 202 Å². The molecule has 0 saturated heterocycles. The van der Waals surface area contributed by atoms with Crippen molar-refractivity contribution in [1.29, 1.82) is 5.26 Å². The molecule has 0 spiro atoms. The molecule has 0 unspecified atom stereocenters. The second-order valence-electron chi connectivity index (χ2n) is 8.23. The fraction of sp³-hybridized carbons (Fsp3) is 0.231. The number of para-hydroxylation sites is 2. The van der Waals surface area contributed by atoms with Crippen molar-refractivity contribution in [2.24, 2.45) is 0 Å². The van der Waals surface area contributed by atoms with Gasteiger partial charge in [-0.15, -0.1) is 0 Å². The van der Waals surface area contributed by atoms with Gasteiger partial charge in [0.05, 0.1) is 22.2 Å². The molecule has 1 amide bonds. The van der Waals surface area contributed by atoms with Crippen molar-refractivity contribution in [2.75, 3.05) is 11.1 Å². The van der Waals surface area contributed by atoms with Gasteiger partial charge in [0.15, 0.2) is 5.16 Å². The standard InChI is InChI=1S/C26H25N5O2S/c1-16(2)30-25(33)20-12-8-9-13-22(20)28-26(30)34-15-23(32)29-24-21(14-27)17(3)18(4)31(24)19-10-6-5-7-11-19/h5-13,16H,15H2,1-4H3,(H,29,32). The van der Waals surface area contributed by atoms with Gasteiger partial charge >= 0.3 is 0 Å². The van der Waals surface area contributed by atoms with Crippen molar-refractivity contribution < 1.29 is 4.79 Å². The number of thioether (sulfide) groups is 1. The molecule has 7 nitrogen and oxygen atoms in total. The lowest BCUT2D eigenvalue weighted by Crippen LogP contribution is -2.26. The number of nitrogens with one attached hydrogen (secondary N) is 1. The number of fused-ring (bicyclic) bond motifs is 1. The average molecular weight is 472 g/mol. The smallest absolute Gasteiger partial charge is 0.262 e. The predicted octanol–water partition coefficient (Wildman–Crippen LogP) is 4.99. The van der Waals surface area contributed by atoms with Gasteiger partial charge in [0.2, 0.25) is 5.91 Å². The van der Waals surface area contributed by atoms with Gasteiger partial charge in [0.1, 0.15) is 11.9 Å². The maximum absolute atomic E-state index is 13.0. The van der Waals surface area contributed by atoms with Crippen LogP contribution in [0.1, 0.15) is 36.7 Å². The van der Waals surface area contributed by atoms with E-state index in [2.05, 4.69) is 16.4 Å². The summed E-state index contributed by atoms with van der Waals surface area (Å²) in [6.07, 6.45) is 0. The Kier molecular flexibility index (Phi) is 6.57. The molecule has 2 aromatic carbocycles. The maximum atomic E-state index is 13.0. The summed E-state index contributed by atoms with van der Waals surface area (Å²) < 4.78 is 3.50. The number of hydrogen-bond donors (Lipinski definition) is 1. The Balaban J connectivity index is 1.65. The molecule has 1 N–H and O–H groups in total. The lowest BCUT2D eigenvalue weighted by molar-refractivity contribution is -0.113. The number of hydrogen-bond acceptors (Lipinski definition) is 5. The first-order valence-corrected chi connectivity index (χ1v) is 11.9. The number of amides is 1. The number of carbonyl (C=O) groups is 1. The normalized spacial score (nSPS) is 11.1. The highest BCUT2D eigenvalue weighted by atomic mass is 32.2. The van der Waals surface area contributed by atoms with E-state index < -0.39 is 0 Å². The van der Waals surface area contributed by atoms with Crippen LogP contribution in [0.3, 0.4) is 0 Å². The van der Waals surface area contributed by atoms with Crippen LogP contribution in [0.5, 0.6) is 0 Å². The lowest BCUT2D eigenvalue weighted by atomic mass is 10.2. The number of nitrogens with zero attached hydrogens (tertiary/aromatic N) is 4. The summed E-state index contributed by atoms with van der Waals surface area (Å²) in [7, 11) is 0. The van der Waals surface area contributed by atoms with Crippen LogP contribution < -0.4 is 10.9 Å². The molecule has 0 radical (unpaired) electrons. The number of nitriles is 1. The largest absolute Gasteiger partial charge is 0.310 e. The van der Waals surface area contributed by atoms with Crippen LogP contribution in [0.4, 0.5) is 5.82 Å². The fourth-order valence-electron chi connectivity index (χ4n) is 3.94. The first-order chi connectivity index (χ1) is 16.3. The van der Waals surface area contributed by atoms with Gasteiger partial charge in [-0.3, -0.25) is 18.7 Å². The third-order valence-corrected chi connectivity index (χ3v) is 6.67. The second kappa shape index (κ2) is 9.57. The van der Waals surface area contributed by atoms with Crippen molar-refractivity contribution in [3.05, 3.63) is 81.8 Å². The Morgan fingerprint density at radius 1 is 1.12 bits per heavy atom. The van der Waals surface area contributed by atoms with E-state index in [0.29, 0.717) is 27.4 Å². The quantitative estimate of drug-likeness (QED) is 0.316. The van der Waals surface area contributed by atoms with Crippen LogP contribution in [-0.4, -0.2) is 25.8 Å². The van der Waals surface area contributed by atoms with E-state index in [9.17, 15) is 14.9 Å². The molecule has 0 bridgehead atoms. The molecule has 2 aromatic heterocycles. The zero-order valence-corrected chi connectivity index (χ0v) is 20.3. The van der Waals surface area contributed by atoms with E-state index in [0.717, 1.165) is 16.9 Å². The van der Waals surface area contributed by atoms with Crippen molar-refractivity contribution in [2.45, 2.75) is 38.9 Å². The third kappa shape index (κ3) is 4.22. The average Bonchev–Trinajstić information content (AvgIpc) is 3.06. The number of rotatable bonds is 6. The third-order valence-electron chi connectivity index (χ3n) is 5.72. The van der Waals surface area contributed by atoms with Crippen LogP contribution in [0.15, 0.2) is 64.5 Å². The number of aromatic nitrogens is 3. The van der Waals surface area contributed by atoms with E-state index in [4.69, 9.17) is 0 Å². The molecule has 0 saturated carbocycles. The van der Waals surface area contributed by atoms with Gasteiger partial charge in [0, 0.05) is 17.4 Å². The second-order valence-corrected chi connectivity index (χ2v) is 9.18. The summed E-state index contributed by atoms with van der Waals surface area (Å²) in [6.45, 7) is 7.63. The van der Waals surface area contributed by atoms with Crippen molar-refractivity contribution in [3.63, 3.8) is 0 Å². The minimum Gasteiger partial charge on any atom is -0.310 e. The van der Waals surface area contributed by atoms with Crippen LogP contribution in [-0.2, 0) is 4.79 Å². The van der Waals surface area contributed by atoms with Crippen molar-refractivity contribution >= 4 is 34.4 Å². The molecule has 0 aliphatic carbocycles. The van der Waals surface area contributed by atoms with E-state index >= 15 is 0 Å². The summed E-state index contributed by atoms with van der Waals surface area (Å²) in [5.41, 5.74) is 3.47. The topological polar surface area (TPSA) is 92.7 Å².